The number of benzene rings is 1. The summed E-state index contributed by atoms with van der Waals surface area (Å²) in [6.45, 7) is 2.10. The van der Waals surface area contributed by atoms with Gasteiger partial charge >= 0.3 is 0 Å². The number of hydrogen-bond donors (Lipinski definition) is 0. The van der Waals surface area contributed by atoms with Crippen LogP contribution in [0.4, 0.5) is 0 Å². The highest BCUT2D eigenvalue weighted by atomic mass is 35.5. The van der Waals surface area contributed by atoms with Gasteiger partial charge < -0.3 is 4.57 Å². The standard InChI is InChI=1S/C13H16Cl2N2OS/c1-9(5-6-19(2)18)17-12-4-3-10(15)7-11(12)16-13(17)8-14/h3-4,7,9H,5-6,8H2,1-2H3. The van der Waals surface area contributed by atoms with E-state index in [0.717, 1.165) is 23.3 Å². The SMILES string of the molecule is CC(CCS(C)=O)n1c(CCl)nc2cc(Cl)ccc21. The predicted octanol–water partition coefficient (Wildman–Crippen LogP) is 3.76. The van der Waals surface area contributed by atoms with E-state index in [1.807, 2.05) is 18.2 Å². The van der Waals surface area contributed by atoms with E-state index in [1.54, 1.807) is 6.26 Å². The van der Waals surface area contributed by atoms with Crippen LogP contribution in [-0.2, 0) is 16.7 Å². The summed E-state index contributed by atoms with van der Waals surface area (Å²) in [6.07, 6.45) is 2.56. The number of alkyl halides is 1. The molecule has 1 aromatic heterocycles. The molecule has 2 rings (SSSR count). The van der Waals surface area contributed by atoms with Crippen LogP contribution in [0.15, 0.2) is 18.2 Å². The smallest absolute Gasteiger partial charge is 0.125 e. The summed E-state index contributed by atoms with van der Waals surface area (Å²) >= 11 is 12.0. The summed E-state index contributed by atoms with van der Waals surface area (Å²) in [6, 6.07) is 5.86. The molecule has 0 spiro atoms. The molecule has 2 unspecified atom stereocenters. The third-order valence-corrected chi connectivity index (χ3v) is 4.39. The minimum Gasteiger partial charge on any atom is -0.324 e. The van der Waals surface area contributed by atoms with Crippen LogP contribution < -0.4 is 0 Å². The summed E-state index contributed by atoms with van der Waals surface area (Å²) in [5, 5.41) is 0.667. The number of fused-ring (bicyclic) bond motifs is 1. The molecule has 1 aromatic carbocycles. The Balaban J connectivity index is 2.42. The lowest BCUT2D eigenvalue weighted by Gasteiger charge is -2.16. The lowest BCUT2D eigenvalue weighted by Crippen LogP contribution is -2.11. The molecule has 0 N–H and O–H groups in total. The summed E-state index contributed by atoms with van der Waals surface area (Å²) < 4.78 is 13.3. The fraction of sp³-hybridized carbons (Fsp3) is 0.462. The van der Waals surface area contributed by atoms with E-state index in [2.05, 4.69) is 16.5 Å². The lowest BCUT2D eigenvalue weighted by atomic mass is 10.2. The Kier molecular flexibility index (Phi) is 4.87. The van der Waals surface area contributed by atoms with Crippen LogP contribution in [-0.4, -0.2) is 25.8 Å². The second kappa shape index (κ2) is 6.25. The van der Waals surface area contributed by atoms with E-state index < -0.39 is 10.8 Å². The Labute approximate surface area is 125 Å². The minimum atomic E-state index is -0.782. The highest BCUT2D eigenvalue weighted by Gasteiger charge is 2.15. The van der Waals surface area contributed by atoms with E-state index in [1.165, 1.54) is 0 Å². The summed E-state index contributed by atoms with van der Waals surface area (Å²) in [4.78, 5) is 4.51. The van der Waals surface area contributed by atoms with Crippen LogP contribution in [0.5, 0.6) is 0 Å². The van der Waals surface area contributed by atoms with Crippen LogP contribution in [0.1, 0.15) is 25.2 Å². The molecule has 0 radical (unpaired) electrons. The van der Waals surface area contributed by atoms with Crippen molar-refractivity contribution in [2.45, 2.75) is 25.3 Å². The van der Waals surface area contributed by atoms with Crippen molar-refractivity contribution >= 4 is 45.0 Å². The Morgan fingerprint density at radius 1 is 1.47 bits per heavy atom. The molecule has 0 aliphatic heterocycles. The molecule has 6 heteroatoms. The van der Waals surface area contributed by atoms with Gasteiger partial charge in [-0.15, -0.1) is 11.6 Å². The zero-order valence-corrected chi connectivity index (χ0v) is 13.2. The maximum Gasteiger partial charge on any atom is 0.125 e. The third-order valence-electron chi connectivity index (χ3n) is 3.11. The largest absolute Gasteiger partial charge is 0.324 e. The average molecular weight is 319 g/mol. The normalized spacial score (nSPS) is 14.7. The van der Waals surface area contributed by atoms with Gasteiger partial charge in [-0.3, -0.25) is 4.21 Å². The van der Waals surface area contributed by atoms with Gasteiger partial charge in [0.1, 0.15) is 5.82 Å². The number of imidazole rings is 1. The first-order chi connectivity index (χ1) is 9.02. The molecule has 104 valence electrons. The zero-order chi connectivity index (χ0) is 14.0. The Bertz CT molecular complexity index is 612. The van der Waals surface area contributed by atoms with Gasteiger partial charge in [-0.25, -0.2) is 4.98 Å². The van der Waals surface area contributed by atoms with Crippen molar-refractivity contribution in [1.82, 2.24) is 9.55 Å². The Hall–Kier alpha value is -0.580. The molecule has 0 saturated carbocycles. The molecule has 0 amide bonds. The average Bonchev–Trinajstić information content (AvgIpc) is 2.73. The minimum absolute atomic E-state index is 0.212. The first kappa shape index (κ1) is 14.8. The third kappa shape index (κ3) is 3.30. The van der Waals surface area contributed by atoms with Crippen molar-refractivity contribution in [3.8, 4) is 0 Å². The highest BCUT2D eigenvalue weighted by molar-refractivity contribution is 7.84. The van der Waals surface area contributed by atoms with Gasteiger partial charge in [0, 0.05) is 33.9 Å². The molecule has 0 bridgehead atoms. The summed E-state index contributed by atoms with van der Waals surface area (Å²) in [5.74, 6) is 1.86. The molecule has 3 nitrogen and oxygen atoms in total. The molecule has 0 aliphatic carbocycles. The predicted molar refractivity (Wildman–Crippen MR) is 82.6 cm³/mol. The maximum atomic E-state index is 11.2. The van der Waals surface area contributed by atoms with Gasteiger partial charge in [-0.2, -0.15) is 0 Å². The van der Waals surface area contributed by atoms with Crippen molar-refractivity contribution in [2.24, 2.45) is 0 Å². The monoisotopic (exact) mass is 318 g/mol. The van der Waals surface area contributed by atoms with E-state index in [-0.39, 0.29) is 6.04 Å². The Morgan fingerprint density at radius 2 is 2.21 bits per heavy atom. The van der Waals surface area contributed by atoms with Gasteiger partial charge in [0.2, 0.25) is 0 Å². The number of hydrogen-bond acceptors (Lipinski definition) is 2. The molecule has 0 saturated heterocycles. The topological polar surface area (TPSA) is 34.9 Å². The van der Waals surface area contributed by atoms with Crippen LogP contribution in [0.3, 0.4) is 0 Å². The van der Waals surface area contributed by atoms with Crippen molar-refractivity contribution in [3.05, 3.63) is 29.0 Å². The van der Waals surface area contributed by atoms with Crippen LogP contribution in [0.2, 0.25) is 5.02 Å². The lowest BCUT2D eigenvalue weighted by molar-refractivity contribution is 0.531. The van der Waals surface area contributed by atoms with E-state index >= 15 is 0 Å². The van der Waals surface area contributed by atoms with Crippen LogP contribution >= 0.6 is 23.2 Å². The van der Waals surface area contributed by atoms with Gasteiger partial charge in [0.25, 0.3) is 0 Å². The summed E-state index contributed by atoms with van der Waals surface area (Å²) in [7, 11) is -0.782. The molecule has 1 heterocycles. The fourth-order valence-electron chi connectivity index (χ4n) is 2.17. The van der Waals surface area contributed by atoms with Crippen molar-refractivity contribution < 1.29 is 4.21 Å². The molecular weight excluding hydrogens is 303 g/mol. The molecule has 2 aromatic rings. The second-order valence-corrected chi connectivity index (χ2v) is 6.84. The van der Waals surface area contributed by atoms with Gasteiger partial charge in [0.15, 0.2) is 0 Å². The summed E-state index contributed by atoms with van der Waals surface area (Å²) in [5.41, 5.74) is 1.88. The quantitative estimate of drug-likeness (QED) is 0.787. The molecule has 0 fully saturated rings. The highest BCUT2D eigenvalue weighted by Crippen LogP contribution is 2.26. The number of nitrogens with zero attached hydrogens (tertiary/aromatic N) is 2. The molecule has 0 aliphatic rings. The molecular formula is C13H16Cl2N2OS. The van der Waals surface area contributed by atoms with Crippen molar-refractivity contribution in [1.29, 1.82) is 0 Å². The van der Waals surface area contributed by atoms with Gasteiger partial charge in [-0.1, -0.05) is 11.6 Å². The fourth-order valence-corrected chi connectivity index (χ4v) is 3.20. The first-order valence-corrected chi connectivity index (χ1v) is 8.69. The van der Waals surface area contributed by atoms with Crippen molar-refractivity contribution in [3.63, 3.8) is 0 Å². The van der Waals surface area contributed by atoms with Crippen LogP contribution in [0.25, 0.3) is 11.0 Å². The van der Waals surface area contributed by atoms with E-state index in [0.29, 0.717) is 16.7 Å². The van der Waals surface area contributed by atoms with Gasteiger partial charge in [-0.05, 0) is 31.5 Å². The van der Waals surface area contributed by atoms with Crippen LogP contribution in [0, 0.1) is 0 Å². The zero-order valence-electron chi connectivity index (χ0n) is 10.9. The van der Waals surface area contributed by atoms with E-state index in [9.17, 15) is 4.21 Å². The Morgan fingerprint density at radius 3 is 2.84 bits per heavy atom. The number of aromatic nitrogens is 2. The first-order valence-electron chi connectivity index (χ1n) is 6.05. The van der Waals surface area contributed by atoms with Crippen molar-refractivity contribution in [2.75, 3.05) is 12.0 Å². The maximum absolute atomic E-state index is 11.2. The number of halogens is 2. The number of rotatable bonds is 5. The van der Waals surface area contributed by atoms with E-state index in [4.69, 9.17) is 23.2 Å². The second-order valence-electron chi connectivity index (χ2n) is 4.58. The van der Waals surface area contributed by atoms with Gasteiger partial charge in [0.05, 0.1) is 16.9 Å². The molecule has 19 heavy (non-hydrogen) atoms. The molecule has 2 atom stereocenters.